The maximum atomic E-state index is 11.3. The summed E-state index contributed by atoms with van der Waals surface area (Å²) in [6, 6.07) is 0. The summed E-state index contributed by atoms with van der Waals surface area (Å²) in [5.74, 6) is 1.75. The maximum Gasteiger partial charge on any atom is 0.309 e. The summed E-state index contributed by atoms with van der Waals surface area (Å²) in [7, 11) is 0. The number of aliphatic carboxylic acids is 1. The van der Waals surface area contributed by atoms with Crippen molar-refractivity contribution in [2.45, 2.75) is 38.5 Å². The van der Waals surface area contributed by atoms with Crippen molar-refractivity contribution < 1.29 is 26.4 Å². The van der Waals surface area contributed by atoms with Gasteiger partial charge in [0.25, 0.3) is 0 Å². The van der Waals surface area contributed by atoms with Crippen molar-refractivity contribution in [3.63, 3.8) is 0 Å². The van der Waals surface area contributed by atoms with Crippen LogP contribution < -0.4 is 0 Å². The van der Waals surface area contributed by atoms with E-state index in [0.717, 1.165) is 37.0 Å². The molecule has 0 heterocycles. The number of carbonyl (C=O) groups is 1. The van der Waals surface area contributed by atoms with Crippen molar-refractivity contribution >= 4 is 5.97 Å². The smallest absolute Gasteiger partial charge is 0.309 e. The van der Waals surface area contributed by atoms with Crippen molar-refractivity contribution in [3.05, 3.63) is 0 Å². The average Bonchev–Trinajstić information content (AvgIpc) is 2.00. The normalized spacial score (nSPS) is 48.7. The van der Waals surface area contributed by atoms with Gasteiger partial charge in [-0.05, 0) is 56.3 Å². The van der Waals surface area contributed by atoms with E-state index >= 15 is 0 Å². The fourth-order valence-electron chi connectivity index (χ4n) is 4.37. The number of carboxylic acid groups (broad SMARTS) is 1. The van der Waals surface area contributed by atoms with Gasteiger partial charge in [0.05, 0.1) is 5.41 Å². The molecular weight excluding hydrogens is 223 g/mol. The van der Waals surface area contributed by atoms with Crippen LogP contribution in [0.2, 0.25) is 0 Å². The van der Waals surface area contributed by atoms with E-state index in [1.54, 1.807) is 0 Å². The van der Waals surface area contributed by atoms with Gasteiger partial charge in [-0.2, -0.15) is 0 Å². The Hall–Kier alpha value is -0.0365. The molecular formula is C11H16NiO2. The fraction of sp³-hybridized carbons (Fsp3) is 0.909. The summed E-state index contributed by atoms with van der Waals surface area (Å²) in [6.45, 7) is 0. The predicted molar refractivity (Wildman–Crippen MR) is 48.2 cm³/mol. The second-order valence-electron chi connectivity index (χ2n) is 5.50. The summed E-state index contributed by atoms with van der Waals surface area (Å²) in [5, 5.41) is 9.28. The van der Waals surface area contributed by atoms with Crippen molar-refractivity contribution in [2.75, 3.05) is 0 Å². The first-order chi connectivity index (χ1) is 6.18. The topological polar surface area (TPSA) is 37.3 Å². The zero-order valence-electron chi connectivity index (χ0n) is 8.15. The first-order valence-electron chi connectivity index (χ1n) is 5.41. The second-order valence-corrected chi connectivity index (χ2v) is 5.50. The Kier molecular flexibility index (Phi) is 2.42. The molecule has 1 N–H and O–H groups in total. The van der Waals surface area contributed by atoms with Gasteiger partial charge in [-0.15, -0.1) is 0 Å². The SMILES string of the molecule is O=C(O)C12CC3CC(CC(C3)C1)C2.[Ni]. The van der Waals surface area contributed by atoms with Crippen LogP contribution in [0.1, 0.15) is 38.5 Å². The van der Waals surface area contributed by atoms with E-state index in [0.29, 0.717) is 0 Å². The van der Waals surface area contributed by atoms with Gasteiger partial charge >= 0.3 is 5.97 Å². The predicted octanol–water partition coefficient (Wildman–Crippen LogP) is 2.28. The molecule has 0 aromatic heterocycles. The van der Waals surface area contributed by atoms with Crippen molar-refractivity contribution in [3.8, 4) is 0 Å². The Balaban J connectivity index is 0.000000750. The van der Waals surface area contributed by atoms with E-state index in [-0.39, 0.29) is 21.9 Å². The third-order valence-electron chi connectivity index (χ3n) is 4.49. The minimum absolute atomic E-state index is 0. The molecule has 0 aliphatic heterocycles. The minimum Gasteiger partial charge on any atom is -0.481 e. The van der Waals surface area contributed by atoms with E-state index < -0.39 is 5.97 Å². The third kappa shape index (κ3) is 1.32. The molecule has 4 aliphatic carbocycles. The van der Waals surface area contributed by atoms with Crippen molar-refractivity contribution in [2.24, 2.45) is 23.2 Å². The number of carboxylic acids is 1. The Morgan fingerprint density at radius 3 is 1.64 bits per heavy atom. The Bertz CT molecular complexity index is 227. The van der Waals surface area contributed by atoms with Gasteiger partial charge < -0.3 is 5.11 Å². The molecule has 4 aliphatic rings. The van der Waals surface area contributed by atoms with Gasteiger partial charge in [0.1, 0.15) is 0 Å². The molecule has 0 aromatic carbocycles. The monoisotopic (exact) mass is 238 g/mol. The zero-order chi connectivity index (χ0) is 9.05. The van der Waals surface area contributed by atoms with E-state index in [1.165, 1.54) is 19.3 Å². The van der Waals surface area contributed by atoms with Gasteiger partial charge in [-0.1, -0.05) is 0 Å². The molecule has 0 saturated heterocycles. The van der Waals surface area contributed by atoms with Crippen molar-refractivity contribution in [1.29, 1.82) is 0 Å². The number of rotatable bonds is 1. The Morgan fingerprint density at radius 1 is 1.00 bits per heavy atom. The summed E-state index contributed by atoms with van der Waals surface area (Å²) in [6.07, 6.45) is 6.92. The molecule has 0 unspecified atom stereocenters. The third-order valence-corrected chi connectivity index (χ3v) is 4.49. The molecule has 0 spiro atoms. The minimum atomic E-state index is -0.508. The molecule has 4 rings (SSSR count). The zero-order valence-corrected chi connectivity index (χ0v) is 9.13. The van der Waals surface area contributed by atoms with Crippen LogP contribution in [0.3, 0.4) is 0 Å². The van der Waals surface area contributed by atoms with Crippen LogP contribution in [-0.2, 0) is 21.3 Å². The first-order valence-corrected chi connectivity index (χ1v) is 5.41. The van der Waals surface area contributed by atoms with E-state index in [2.05, 4.69) is 0 Å². The van der Waals surface area contributed by atoms with Crippen LogP contribution in [0.5, 0.6) is 0 Å². The molecule has 82 valence electrons. The van der Waals surface area contributed by atoms with E-state index in [1.807, 2.05) is 0 Å². The first kappa shape index (κ1) is 10.5. The number of hydrogen-bond donors (Lipinski definition) is 1. The van der Waals surface area contributed by atoms with Crippen LogP contribution in [-0.4, -0.2) is 11.1 Å². The van der Waals surface area contributed by atoms with Crippen LogP contribution >= 0.6 is 0 Å². The van der Waals surface area contributed by atoms with E-state index in [4.69, 9.17) is 0 Å². The second kappa shape index (κ2) is 3.23. The molecule has 0 atom stereocenters. The summed E-state index contributed by atoms with van der Waals surface area (Å²) in [4.78, 5) is 11.3. The van der Waals surface area contributed by atoms with Gasteiger partial charge in [-0.25, -0.2) is 0 Å². The molecule has 4 saturated carbocycles. The fourth-order valence-corrected chi connectivity index (χ4v) is 4.37. The molecule has 3 heteroatoms. The number of hydrogen-bond acceptors (Lipinski definition) is 1. The Labute approximate surface area is 94.4 Å². The maximum absolute atomic E-state index is 11.3. The standard InChI is InChI=1S/C11H16O2.Ni/c12-10(13)11-4-7-1-8(5-11)3-9(2-7)6-11;/h7-9H,1-6H2,(H,12,13);. The summed E-state index contributed by atoms with van der Waals surface area (Å²) in [5.41, 5.74) is -0.283. The molecule has 0 radical (unpaired) electrons. The van der Waals surface area contributed by atoms with Gasteiger partial charge in [0.2, 0.25) is 0 Å². The van der Waals surface area contributed by atoms with Crippen LogP contribution in [0.15, 0.2) is 0 Å². The van der Waals surface area contributed by atoms with Crippen LogP contribution in [0, 0.1) is 23.2 Å². The van der Waals surface area contributed by atoms with Crippen LogP contribution in [0.25, 0.3) is 0 Å². The molecule has 0 amide bonds. The van der Waals surface area contributed by atoms with Crippen LogP contribution in [0.4, 0.5) is 0 Å². The molecule has 4 fully saturated rings. The summed E-state index contributed by atoms with van der Waals surface area (Å²) >= 11 is 0. The molecule has 4 bridgehead atoms. The van der Waals surface area contributed by atoms with Gasteiger partial charge in [0.15, 0.2) is 0 Å². The van der Waals surface area contributed by atoms with Gasteiger partial charge in [0, 0.05) is 16.5 Å². The molecule has 2 nitrogen and oxygen atoms in total. The average molecular weight is 239 g/mol. The van der Waals surface area contributed by atoms with E-state index in [9.17, 15) is 9.90 Å². The summed E-state index contributed by atoms with van der Waals surface area (Å²) < 4.78 is 0. The van der Waals surface area contributed by atoms with Gasteiger partial charge in [-0.3, -0.25) is 4.79 Å². The Morgan fingerprint density at radius 2 is 1.36 bits per heavy atom. The van der Waals surface area contributed by atoms with Crippen molar-refractivity contribution in [1.82, 2.24) is 0 Å². The largest absolute Gasteiger partial charge is 0.481 e. The molecule has 0 aromatic rings. The quantitative estimate of drug-likeness (QED) is 0.712. The molecule has 14 heavy (non-hydrogen) atoms.